The molecule has 1 saturated heterocycles. The third-order valence-corrected chi connectivity index (χ3v) is 5.33. The number of carbonyl (C=O) groups excluding carboxylic acids is 2. The molecular weight excluding hydrogens is 318 g/mol. The molecule has 0 aromatic heterocycles. The molecule has 1 aliphatic carbocycles. The minimum absolute atomic E-state index is 0.0418. The summed E-state index contributed by atoms with van der Waals surface area (Å²) in [4.78, 5) is 28.7. The lowest BCUT2D eigenvalue weighted by Gasteiger charge is -2.35. The maximum absolute atomic E-state index is 12.6. The highest BCUT2D eigenvalue weighted by Crippen LogP contribution is 2.45. The van der Waals surface area contributed by atoms with E-state index in [0.29, 0.717) is 19.6 Å². The lowest BCUT2D eigenvalue weighted by molar-refractivity contribution is -0.138. The summed E-state index contributed by atoms with van der Waals surface area (Å²) in [6.45, 7) is 2.70. The van der Waals surface area contributed by atoms with Gasteiger partial charge in [-0.05, 0) is 18.4 Å². The SMILES string of the molecule is CN(CC1(CO)CC1)C(=O)C[C@@H]1C(=O)NCCN1Cc1ccccc1. The summed E-state index contributed by atoms with van der Waals surface area (Å²) in [7, 11) is 1.76. The Labute approximate surface area is 148 Å². The number of hydrogen-bond donors (Lipinski definition) is 2. The van der Waals surface area contributed by atoms with E-state index in [0.717, 1.165) is 24.9 Å². The number of aliphatic hydroxyl groups excluding tert-OH is 1. The van der Waals surface area contributed by atoms with E-state index in [-0.39, 0.29) is 30.3 Å². The van der Waals surface area contributed by atoms with E-state index in [2.05, 4.69) is 10.2 Å². The maximum atomic E-state index is 12.6. The molecule has 136 valence electrons. The summed E-state index contributed by atoms with van der Waals surface area (Å²) < 4.78 is 0. The number of piperazine rings is 1. The Bertz CT molecular complexity index is 616. The first-order chi connectivity index (χ1) is 12.0. The Morgan fingerprint density at radius 2 is 2.08 bits per heavy atom. The quantitative estimate of drug-likeness (QED) is 0.759. The van der Waals surface area contributed by atoms with Gasteiger partial charge in [-0.3, -0.25) is 14.5 Å². The molecule has 1 aliphatic heterocycles. The predicted molar refractivity (Wildman–Crippen MR) is 94.7 cm³/mol. The van der Waals surface area contributed by atoms with Gasteiger partial charge in [-0.15, -0.1) is 0 Å². The number of nitrogens with one attached hydrogen (secondary N) is 1. The van der Waals surface area contributed by atoms with E-state index in [1.54, 1.807) is 11.9 Å². The van der Waals surface area contributed by atoms with Gasteiger partial charge in [-0.1, -0.05) is 30.3 Å². The maximum Gasteiger partial charge on any atom is 0.237 e. The first-order valence-electron chi connectivity index (χ1n) is 8.93. The molecule has 2 fully saturated rings. The molecule has 3 rings (SSSR count). The van der Waals surface area contributed by atoms with Crippen molar-refractivity contribution in [2.24, 2.45) is 5.41 Å². The fourth-order valence-electron chi connectivity index (χ4n) is 3.45. The summed E-state index contributed by atoms with van der Waals surface area (Å²) in [5.41, 5.74) is 1.03. The number of amides is 2. The number of aliphatic hydroxyl groups is 1. The van der Waals surface area contributed by atoms with Crippen molar-refractivity contribution in [1.82, 2.24) is 15.1 Å². The second-order valence-corrected chi connectivity index (χ2v) is 7.37. The van der Waals surface area contributed by atoms with Crippen LogP contribution in [0.1, 0.15) is 24.8 Å². The number of nitrogens with zero attached hydrogens (tertiary/aromatic N) is 2. The molecule has 6 heteroatoms. The first-order valence-corrected chi connectivity index (χ1v) is 8.93. The fraction of sp³-hybridized carbons (Fsp3) is 0.579. The van der Waals surface area contributed by atoms with Gasteiger partial charge in [0, 0.05) is 38.6 Å². The van der Waals surface area contributed by atoms with Gasteiger partial charge in [-0.2, -0.15) is 0 Å². The Morgan fingerprint density at radius 1 is 1.36 bits per heavy atom. The Hall–Kier alpha value is -1.92. The number of benzene rings is 1. The van der Waals surface area contributed by atoms with Crippen LogP contribution < -0.4 is 5.32 Å². The van der Waals surface area contributed by atoms with Crippen LogP contribution in [-0.2, 0) is 16.1 Å². The van der Waals surface area contributed by atoms with Crippen LogP contribution in [0.25, 0.3) is 0 Å². The van der Waals surface area contributed by atoms with E-state index in [1.807, 2.05) is 30.3 Å². The minimum Gasteiger partial charge on any atom is -0.396 e. The zero-order chi connectivity index (χ0) is 17.9. The van der Waals surface area contributed by atoms with Crippen molar-refractivity contribution in [3.63, 3.8) is 0 Å². The molecule has 2 N–H and O–H groups in total. The van der Waals surface area contributed by atoms with Crippen molar-refractivity contribution < 1.29 is 14.7 Å². The van der Waals surface area contributed by atoms with Crippen LogP contribution in [0.15, 0.2) is 30.3 Å². The second-order valence-electron chi connectivity index (χ2n) is 7.37. The van der Waals surface area contributed by atoms with Gasteiger partial charge in [-0.25, -0.2) is 0 Å². The standard InChI is InChI=1S/C19H27N3O3/c1-21(13-19(14-23)7-8-19)17(24)11-16-18(25)20-9-10-22(16)12-15-5-3-2-4-6-15/h2-6,16,23H,7-14H2,1H3,(H,20,25)/t16-/m1/s1. The van der Waals surface area contributed by atoms with Gasteiger partial charge < -0.3 is 15.3 Å². The van der Waals surface area contributed by atoms with E-state index in [4.69, 9.17) is 0 Å². The van der Waals surface area contributed by atoms with Gasteiger partial charge in [0.25, 0.3) is 0 Å². The average Bonchev–Trinajstić information content (AvgIpc) is 3.38. The van der Waals surface area contributed by atoms with Crippen LogP contribution >= 0.6 is 0 Å². The summed E-state index contributed by atoms with van der Waals surface area (Å²) >= 11 is 0. The monoisotopic (exact) mass is 345 g/mol. The molecule has 2 aliphatic rings. The number of carbonyl (C=O) groups is 2. The van der Waals surface area contributed by atoms with Gasteiger partial charge in [0.1, 0.15) is 0 Å². The molecule has 6 nitrogen and oxygen atoms in total. The van der Waals surface area contributed by atoms with Gasteiger partial charge in [0.15, 0.2) is 0 Å². The highest BCUT2D eigenvalue weighted by Gasteiger charge is 2.44. The van der Waals surface area contributed by atoms with Crippen LogP contribution in [0.5, 0.6) is 0 Å². The molecule has 1 aromatic rings. The molecule has 1 saturated carbocycles. The second kappa shape index (κ2) is 7.54. The number of rotatable bonds is 7. The van der Waals surface area contributed by atoms with E-state index in [9.17, 15) is 14.7 Å². The van der Waals surface area contributed by atoms with E-state index in [1.165, 1.54) is 0 Å². The normalized spacial score (nSPS) is 22.3. The van der Waals surface area contributed by atoms with Crippen molar-refractivity contribution >= 4 is 11.8 Å². The Morgan fingerprint density at radius 3 is 2.72 bits per heavy atom. The van der Waals surface area contributed by atoms with Crippen LogP contribution in [0.2, 0.25) is 0 Å². The van der Waals surface area contributed by atoms with Crippen molar-refractivity contribution in [3.8, 4) is 0 Å². The predicted octanol–water partition coefficient (Wildman–Crippen LogP) is 0.608. The third kappa shape index (κ3) is 4.38. The summed E-state index contributed by atoms with van der Waals surface area (Å²) in [5.74, 6) is -0.118. The van der Waals surface area contributed by atoms with Crippen molar-refractivity contribution in [1.29, 1.82) is 0 Å². The molecule has 0 bridgehead atoms. The number of hydrogen-bond acceptors (Lipinski definition) is 4. The smallest absolute Gasteiger partial charge is 0.237 e. The lowest BCUT2D eigenvalue weighted by atomic mass is 10.0. The van der Waals surface area contributed by atoms with Crippen LogP contribution in [0, 0.1) is 5.41 Å². The summed E-state index contributed by atoms with van der Waals surface area (Å²) in [5, 5.41) is 12.3. The Balaban J connectivity index is 1.62. The highest BCUT2D eigenvalue weighted by atomic mass is 16.3. The highest BCUT2D eigenvalue weighted by molar-refractivity contribution is 5.88. The molecule has 0 unspecified atom stereocenters. The van der Waals surface area contributed by atoms with Gasteiger partial charge in [0.2, 0.25) is 11.8 Å². The molecule has 1 aromatic carbocycles. The van der Waals surface area contributed by atoms with E-state index >= 15 is 0 Å². The molecular formula is C19H27N3O3. The van der Waals surface area contributed by atoms with Crippen molar-refractivity contribution in [2.45, 2.75) is 31.8 Å². The van der Waals surface area contributed by atoms with Gasteiger partial charge >= 0.3 is 0 Å². The van der Waals surface area contributed by atoms with Gasteiger partial charge in [0.05, 0.1) is 19.1 Å². The lowest BCUT2D eigenvalue weighted by Crippen LogP contribution is -2.56. The zero-order valence-electron chi connectivity index (χ0n) is 14.8. The fourth-order valence-corrected chi connectivity index (χ4v) is 3.45. The van der Waals surface area contributed by atoms with Crippen LogP contribution in [0.3, 0.4) is 0 Å². The van der Waals surface area contributed by atoms with Crippen molar-refractivity contribution in [2.75, 3.05) is 33.3 Å². The van der Waals surface area contributed by atoms with E-state index < -0.39 is 6.04 Å². The summed E-state index contributed by atoms with van der Waals surface area (Å²) in [6.07, 6.45) is 2.10. The average molecular weight is 345 g/mol. The molecule has 2 amide bonds. The summed E-state index contributed by atoms with van der Waals surface area (Å²) in [6, 6.07) is 9.57. The van der Waals surface area contributed by atoms with Crippen LogP contribution in [-0.4, -0.2) is 66.1 Å². The topological polar surface area (TPSA) is 72.9 Å². The molecule has 1 atom stereocenters. The first kappa shape index (κ1) is 17.9. The molecule has 0 radical (unpaired) electrons. The molecule has 0 spiro atoms. The third-order valence-electron chi connectivity index (χ3n) is 5.33. The van der Waals surface area contributed by atoms with Crippen molar-refractivity contribution in [3.05, 3.63) is 35.9 Å². The minimum atomic E-state index is -0.437. The van der Waals surface area contributed by atoms with Crippen LogP contribution in [0.4, 0.5) is 0 Å². The molecule has 25 heavy (non-hydrogen) atoms. The molecule has 1 heterocycles. The zero-order valence-corrected chi connectivity index (χ0v) is 14.8. The Kier molecular flexibility index (Phi) is 5.39. The largest absolute Gasteiger partial charge is 0.396 e.